The van der Waals surface area contributed by atoms with E-state index in [1.165, 1.54) is 11.6 Å². The number of piperidine rings is 1. The van der Waals surface area contributed by atoms with Crippen molar-refractivity contribution in [3.05, 3.63) is 64.0 Å². The number of methoxy groups -OCH3 is 2. The van der Waals surface area contributed by atoms with Crippen molar-refractivity contribution in [2.24, 2.45) is 0 Å². The van der Waals surface area contributed by atoms with Gasteiger partial charge < -0.3 is 19.2 Å². The van der Waals surface area contributed by atoms with Crippen LogP contribution in [0.4, 0.5) is 5.69 Å². The van der Waals surface area contributed by atoms with E-state index in [1.807, 2.05) is 12.1 Å². The maximum absolute atomic E-state index is 12.0. The Bertz CT molecular complexity index is 1080. The first-order valence-corrected chi connectivity index (χ1v) is 10.3. The van der Waals surface area contributed by atoms with Crippen LogP contribution in [0.25, 0.3) is 11.0 Å². The van der Waals surface area contributed by atoms with E-state index in [0.717, 1.165) is 60.6 Å². The lowest BCUT2D eigenvalue weighted by molar-refractivity contribution is 0.211. The molecule has 2 aromatic carbocycles. The van der Waals surface area contributed by atoms with Gasteiger partial charge in [-0.25, -0.2) is 4.79 Å². The first-order valence-electron chi connectivity index (χ1n) is 10.3. The maximum Gasteiger partial charge on any atom is 0.338 e. The zero-order valence-corrected chi connectivity index (χ0v) is 17.7. The molecule has 1 fully saturated rings. The number of anilines is 1. The summed E-state index contributed by atoms with van der Waals surface area (Å²) in [6, 6.07) is 13.7. The van der Waals surface area contributed by atoms with Gasteiger partial charge >= 0.3 is 5.63 Å². The van der Waals surface area contributed by atoms with E-state index in [-0.39, 0.29) is 5.63 Å². The average molecular weight is 408 g/mol. The molecule has 1 saturated heterocycles. The summed E-state index contributed by atoms with van der Waals surface area (Å²) in [7, 11) is 3.34. The van der Waals surface area contributed by atoms with Crippen molar-refractivity contribution in [3.63, 3.8) is 0 Å². The second-order valence-electron chi connectivity index (χ2n) is 7.84. The van der Waals surface area contributed by atoms with Crippen LogP contribution in [0.2, 0.25) is 0 Å². The van der Waals surface area contributed by atoms with E-state index < -0.39 is 0 Å². The highest BCUT2D eigenvalue weighted by Gasteiger charge is 2.20. The van der Waals surface area contributed by atoms with Gasteiger partial charge in [0.2, 0.25) is 0 Å². The van der Waals surface area contributed by atoms with Gasteiger partial charge in [0.1, 0.15) is 17.1 Å². The molecule has 0 amide bonds. The molecule has 1 aliphatic rings. The number of nitrogens with one attached hydrogen (secondary N) is 1. The van der Waals surface area contributed by atoms with Gasteiger partial charge in [0.25, 0.3) is 0 Å². The van der Waals surface area contributed by atoms with E-state index >= 15 is 0 Å². The first-order chi connectivity index (χ1) is 14.6. The molecule has 1 aliphatic heterocycles. The summed E-state index contributed by atoms with van der Waals surface area (Å²) in [4.78, 5) is 14.4. The monoisotopic (exact) mass is 408 g/mol. The lowest BCUT2D eigenvalue weighted by Gasteiger charge is -2.33. The Morgan fingerprint density at radius 2 is 1.87 bits per heavy atom. The normalized spacial score (nSPS) is 15.3. The minimum atomic E-state index is -0.345. The summed E-state index contributed by atoms with van der Waals surface area (Å²) in [5, 5.41) is 4.43. The third-order valence-corrected chi connectivity index (χ3v) is 5.76. The Balaban J connectivity index is 1.41. The van der Waals surface area contributed by atoms with Gasteiger partial charge in [-0.15, -0.1) is 0 Å². The third-order valence-electron chi connectivity index (χ3n) is 5.76. The van der Waals surface area contributed by atoms with Crippen molar-refractivity contribution < 1.29 is 13.9 Å². The van der Waals surface area contributed by atoms with Gasteiger partial charge in [0.15, 0.2) is 0 Å². The predicted octanol–water partition coefficient (Wildman–Crippen LogP) is 4.20. The second kappa shape index (κ2) is 8.79. The van der Waals surface area contributed by atoms with Crippen molar-refractivity contribution in [2.45, 2.75) is 32.4 Å². The number of hydrogen-bond donors (Lipinski definition) is 1. The molecule has 6 nitrogen and oxygen atoms in total. The molecule has 0 aliphatic carbocycles. The average Bonchev–Trinajstić information content (AvgIpc) is 2.75. The third kappa shape index (κ3) is 4.44. The smallest absolute Gasteiger partial charge is 0.338 e. The summed E-state index contributed by atoms with van der Waals surface area (Å²) in [6.07, 6.45) is 2.03. The van der Waals surface area contributed by atoms with Crippen molar-refractivity contribution >= 4 is 16.7 Å². The molecule has 3 aromatic rings. The van der Waals surface area contributed by atoms with E-state index in [1.54, 1.807) is 26.4 Å². The minimum absolute atomic E-state index is 0.315. The fourth-order valence-electron chi connectivity index (χ4n) is 4.14. The van der Waals surface area contributed by atoms with E-state index in [2.05, 4.69) is 29.3 Å². The highest BCUT2D eigenvalue weighted by molar-refractivity contribution is 5.90. The molecule has 0 radical (unpaired) electrons. The Morgan fingerprint density at radius 1 is 1.07 bits per heavy atom. The number of likely N-dealkylation sites (tertiary alicyclic amines) is 1. The molecule has 2 heterocycles. The van der Waals surface area contributed by atoms with Crippen molar-refractivity contribution in [1.82, 2.24) is 4.90 Å². The number of fused-ring (bicyclic) bond motifs is 1. The number of ether oxygens (including phenoxy) is 2. The molecular formula is C24H28N2O4. The van der Waals surface area contributed by atoms with Crippen molar-refractivity contribution in [1.29, 1.82) is 0 Å². The maximum atomic E-state index is 12.0. The van der Waals surface area contributed by atoms with Gasteiger partial charge in [0.05, 0.1) is 19.9 Å². The molecule has 30 heavy (non-hydrogen) atoms. The second-order valence-corrected chi connectivity index (χ2v) is 7.84. The quantitative estimate of drug-likeness (QED) is 0.617. The molecule has 0 saturated carbocycles. The molecule has 0 unspecified atom stereocenters. The Kier molecular flexibility index (Phi) is 5.95. The summed E-state index contributed by atoms with van der Waals surface area (Å²) in [5.74, 6) is 1.67. The van der Waals surface area contributed by atoms with Crippen LogP contribution in [0.15, 0.2) is 51.7 Å². The summed E-state index contributed by atoms with van der Waals surface area (Å²) < 4.78 is 16.0. The van der Waals surface area contributed by atoms with Crippen LogP contribution in [0.1, 0.15) is 24.0 Å². The van der Waals surface area contributed by atoms with Crippen LogP contribution in [0, 0.1) is 6.92 Å². The fraction of sp³-hybridized carbons (Fsp3) is 0.375. The van der Waals surface area contributed by atoms with Crippen LogP contribution in [0.5, 0.6) is 11.5 Å². The van der Waals surface area contributed by atoms with Gasteiger partial charge in [-0.3, -0.25) is 4.90 Å². The number of aryl methyl sites for hydroxylation is 1. The SMILES string of the molecule is COc1ccc2oc(=O)cc(NC3CCN(Cc4ccc(OC)c(C)c4)CC3)c2c1. The van der Waals surface area contributed by atoms with Gasteiger partial charge in [-0.05, 0) is 55.2 Å². The van der Waals surface area contributed by atoms with Crippen LogP contribution >= 0.6 is 0 Å². The van der Waals surface area contributed by atoms with E-state index in [0.29, 0.717) is 11.6 Å². The van der Waals surface area contributed by atoms with Gasteiger partial charge in [-0.1, -0.05) is 12.1 Å². The number of rotatable bonds is 6. The van der Waals surface area contributed by atoms with Crippen LogP contribution in [-0.2, 0) is 6.54 Å². The van der Waals surface area contributed by atoms with Crippen LogP contribution in [-0.4, -0.2) is 38.3 Å². The van der Waals surface area contributed by atoms with E-state index in [9.17, 15) is 4.79 Å². The zero-order valence-electron chi connectivity index (χ0n) is 17.7. The van der Waals surface area contributed by atoms with Gasteiger partial charge in [-0.2, -0.15) is 0 Å². The molecule has 0 spiro atoms. The summed E-state index contributed by atoms with van der Waals surface area (Å²) >= 11 is 0. The Labute approximate surface area is 176 Å². The molecule has 1 N–H and O–H groups in total. The lowest BCUT2D eigenvalue weighted by atomic mass is 10.0. The van der Waals surface area contributed by atoms with Crippen LogP contribution < -0.4 is 20.4 Å². The molecule has 6 heteroatoms. The van der Waals surface area contributed by atoms with E-state index in [4.69, 9.17) is 13.9 Å². The lowest BCUT2D eigenvalue weighted by Crippen LogP contribution is -2.38. The van der Waals surface area contributed by atoms with Gasteiger partial charge in [0, 0.05) is 37.1 Å². The number of nitrogens with zero attached hydrogens (tertiary/aromatic N) is 1. The first kappa shape index (κ1) is 20.3. The Morgan fingerprint density at radius 3 is 2.57 bits per heavy atom. The largest absolute Gasteiger partial charge is 0.497 e. The number of benzene rings is 2. The molecule has 1 aromatic heterocycles. The Hall–Kier alpha value is -2.99. The zero-order chi connectivity index (χ0) is 21.1. The summed E-state index contributed by atoms with van der Waals surface area (Å²) in [6.45, 7) is 5.03. The summed E-state index contributed by atoms with van der Waals surface area (Å²) in [5.41, 5.74) is 3.50. The fourth-order valence-corrected chi connectivity index (χ4v) is 4.14. The molecule has 0 atom stereocenters. The molecule has 0 bridgehead atoms. The molecule has 4 rings (SSSR count). The highest BCUT2D eigenvalue weighted by Crippen LogP contribution is 2.28. The molecular weight excluding hydrogens is 380 g/mol. The van der Waals surface area contributed by atoms with Crippen LogP contribution in [0.3, 0.4) is 0 Å². The van der Waals surface area contributed by atoms with Crippen molar-refractivity contribution in [3.8, 4) is 11.5 Å². The number of hydrogen-bond acceptors (Lipinski definition) is 6. The van der Waals surface area contributed by atoms with Crippen molar-refractivity contribution in [2.75, 3.05) is 32.6 Å². The topological polar surface area (TPSA) is 63.9 Å². The predicted molar refractivity (Wildman–Crippen MR) is 119 cm³/mol. The highest BCUT2D eigenvalue weighted by atomic mass is 16.5. The minimum Gasteiger partial charge on any atom is -0.497 e. The molecule has 158 valence electrons. The standard InChI is InChI=1S/C24H28N2O4/c1-16-12-17(4-6-22(16)29-3)15-26-10-8-18(9-11-26)25-21-14-24(27)30-23-7-5-19(28-2)13-20(21)23/h4-7,12-14,18,25H,8-11,15H2,1-3H3.